The highest BCUT2D eigenvalue weighted by molar-refractivity contribution is 9.10. The summed E-state index contributed by atoms with van der Waals surface area (Å²) in [4.78, 5) is 1.24. The van der Waals surface area contributed by atoms with Gasteiger partial charge in [0.2, 0.25) is 0 Å². The molecule has 0 fully saturated rings. The summed E-state index contributed by atoms with van der Waals surface area (Å²) >= 11 is 5.27. The molecule has 0 heterocycles. The van der Waals surface area contributed by atoms with Crippen LogP contribution in [-0.4, -0.2) is 19.5 Å². The summed E-state index contributed by atoms with van der Waals surface area (Å²) in [6, 6.07) is 6.13. The van der Waals surface area contributed by atoms with Gasteiger partial charge in [0.1, 0.15) is 0 Å². The summed E-state index contributed by atoms with van der Waals surface area (Å²) in [7, 11) is 1.71. The van der Waals surface area contributed by atoms with E-state index in [1.807, 2.05) is 12.1 Å². The molecule has 1 rings (SSSR count). The van der Waals surface area contributed by atoms with Crippen molar-refractivity contribution in [1.82, 2.24) is 0 Å². The molecule has 0 saturated carbocycles. The molecule has 0 amide bonds. The predicted molar refractivity (Wildman–Crippen MR) is 64.6 cm³/mol. The van der Waals surface area contributed by atoms with Crippen molar-refractivity contribution in [2.75, 3.05) is 19.5 Å². The molecule has 2 N–H and O–H groups in total. The van der Waals surface area contributed by atoms with Crippen molar-refractivity contribution in [3.63, 3.8) is 0 Å². The molecule has 1 aromatic carbocycles. The molecule has 0 saturated heterocycles. The van der Waals surface area contributed by atoms with E-state index in [9.17, 15) is 0 Å². The minimum absolute atomic E-state index is 0.566. The van der Waals surface area contributed by atoms with Gasteiger partial charge in [-0.1, -0.05) is 22.0 Å². The van der Waals surface area contributed by atoms with Gasteiger partial charge in [0.25, 0.3) is 0 Å². The Labute approximate surface area is 97.3 Å². The van der Waals surface area contributed by atoms with Crippen LogP contribution in [0.25, 0.3) is 0 Å². The fourth-order valence-corrected chi connectivity index (χ4v) is 2.78. The first kappa shape index (κ1) is 12.0. The maximum atomic E-state index is 5.68. The number of methoxy groups -OCH3 is 1. The van der Waals surface area contributed by atoms with Crippen LogP contribution in [0.15, 0.2) is 27.6 Å². The fourth-order valence-electron chi connectivity index (χ4n) is 1.11. The Morgan fingerprint density at radius 1 is 1.50 bits per heavy atom. The van der Waals surface area contributed by atoms with Crippen LogP contribution in [0.4, 0.5) is 0 Å². The first-order valence-electron chi connectivity index (χ1n) is 4.38. The fraction of sp³-hybridized carbons (Fsp3) is 0.400. The molecular weight excluding hydrogens is 262 g/mol. The Kier molecular flexibility index (Phi) is 5.55. The van der Waals surface area contributed by atoms with Gasteiger partial charge >= 0.3 is 0 Å². The van der Waals surface area contributed by atoms with E-state index in [-0.39, 0.29) is 0 Å². The molecule has 0 aliphatic rings. The minimum atomic E-state index is 0.566. The van der Waals surface area contributed by atoms with Crippen molar-refractivity contribution in [3.05, 3.63) is 28.2 Å². The first-order valence-corrected chi connectivity index (χ1v) is 6.16. The third kappa shape index (κ3) is 3.28. The van der Waals surface area contributed by atoms with Crippen LogP contribution < -0.4 is 5.73 Å². The number of ether oxygens (including phenoxy) is 1. The van der Waals surface area contributed by atoms with Gasteiger partial charge in [0, 0.05) is 28.8 Å². The average Bonchev–Trinajstić information content (AvgIpc) is 2.18. The monoisotopic (exact) mass is 275 g/mol. The van der Waals surface area contributed by atoms with Crippen LogP contribution in [0.1, 0.15) is 5.56 Å². The zero-order valence-electron chi connectivity index (χ0n) is 8.13. The summed E-state index contributed by atoms with van der Waals surface area (Å²) < 4.78 is 6.09. The number of benzene rings is 1. The van der Waals surface area contributed by atoms with Gasteiger partial charge in [-0.2, -0.15) is 0 Å². The summed E-state index contributed by atoms with van der Waals surface area (Å²) in [5, 5.41) is 0. The molecule has 14 heavy (non-hydrogen) atoms. The lowest BCUT2D eigenvalue weighted by atomic mass is 10.2. The molecule has 2 nitrogen and oxygen atoms in total. The average molecular weight is 276 g/mol. The molecule has 0 spiro atoms. The largest absolute Gasteiger partial charge is 0.384 e. The number of hydrogen-bond donors (Lipinski definition) is 1. The minimum Gasteiger partial charge on any atom is -0.384 e. The van der Waals surface area contributed by atoms with E-state index in [2.05, 4.69) is 22.0 Å². The van der Waals surface area contributed by atoms with Crippen LogP contribution in [0.2, 0.25) is 0 Å². The lowest BCUT2D eigenvalue weighted by molar-refractivity contribution is 0.218. The molecular formula is C10H14BrNOS. The highest BCUT2D eigenvalue weighted by atomic mass is 79.9. The van der Waals surface area contributed by atoms with Crippen molar-refractivity contribution >= 4 is 27.7 Å². The van der Waals surface area contributed by atoms with Crippen LogP contribution in [-0.2, 0) is 11.3 Å². The lowest BCUT2D eigenvalue weighted by Crippen LogP contribution is -2.00. The van der Waals surface area contributed by atoms with Gasteiger partial charge in [-0.25, -0.2) is 0 Å². The normalized spacial score (nSPS) is 10.5. The smallest absolute Gasteiger partial charge is 0.0556 e. The quantitative estimate of drug-likeness (QED) is 0.663. The third-order valence-corrected chi connectivity index (χ3v) is 3.63. The Balaban J connectivity index is 2.70. The molecule has 1 aromatic rings. The molecule has 0 unspecified atom stereocenters. The maximum Gasteiger partial charge on any atom is 0.0556 e. The van der Waals surface area contributed by atoms with E-state index >= 15 is 0 Å². The second-order valence-electron chi connectivity index (χ2n) is 2.76. The van der Waals surface area contributed by atoms with Gasteiger partial charge in [-0.15, -0.1) is 11.8 Å². The third-order valence-electron chi connectivity index (χ3n) is 1.83. The van der Waals surface area contributed by atoms with E-state index in [1.165, 1.54) is 10.5 Å². The SMILES string of the molecule is COCCSc1cccc(Br)c1CN. The molecule has 78 valence electrons. The zero-order chi connectivity index (χ0) is 10.4. The van der Waals surface area contributed by atoms with E-state index in [1.54, 1.807) is 18.9 Å². The maximum absolute atomic E-state index is 5.68. The Morgan fingerprint density at radius 3 is 2.93 bits per heavy atom. The van der Waals surface area contributed by atoms with Crippen molar-refractivity contribution < 1.29 is 4.74 Å². The first-order chi connectivity index (χ1) is 6.79. The molecule has 0 aliphatic heterocycles. The standard InChI is InChI=1S/C10H14BrNOS/c1-13-5-6-14-10-4-2-3-9(11)8(10)7-12/h2-4H,5-7,12H2,1H3. The van der Waals surface area contributed by atoms with E-state index < -0.39 is 0 Å². The van der Waals surface area contributed by atoms with Crippen LogP contribution >= 0.6 is 27.7 Å². The summed E-state index contributed by atoms with van der Waals surface area (Å²) in [5.74, 6) is 0.958. The van der Waals surface area contributed by atoms with E-state index in [4.69, 9.17) is 10.5 Å². The Hall–Kier alpha value is -0.0300. The lowest BCUT2D eigenvalue weighted by Gasteiger charge is -2.08. The Bertz CT molecular complexity index is 293. The van der Waals surface area contributed by atoms with Crippen LogP contribution in [0.5, 0.6) is 0 Å². The molecule has 0 radical (unpaired) electrons. The Morgan fingerprint density at radius 2 is 2.29 bits per heavy atom. The van der Waals surface area contributed by atoms with Crippen LogP contribution in [0, 0.1) is 0 Å². The summed E-state index contributed by atoms with van der Waals surface area (Å²) in [6.45, 7) is 1.33. The van der Waals surface area contributed by atoms with Gasteiger partial charge in [0.05, 0.1) is 6.61 Å². The van der Waals surface area contributed by atoms with Crippen molar-refractivity contribution in [3.8, 4) is 0 Å². The van der Waals surface area contributed by atoms with Gasteiger partial charge < -0.3 is 10.5 Å². The van der Waals surface area contributed by atoms with E-state index in [0.717, 1.165) is 16.8 Å². The number of hydrogen-bond acceptors (Lipinski definition) is 3. The van der Waals surface area contributed by atoms with Gasteiger partial charge in [-0.05, 0) is 17.7 Å². The van der Waals surface area contributed by atoms with Crippen molar-refractivity contribution in [1.29, 1.82) is 0 Å². The predicted octanol–water partition coefficient (Wildman–Crippen LogP) is 2.65. The molecule has 0 aromatic heterocycles. The number of thioether (sulfide) groups is 1. The van der Waals surface area contributed by atoms with Crippen LogP contribution in [0.3, 0.4) is 0 Å². The van der Waals surface area contributed by atoms with Crippen molar-refractivity contribution in [2.24, 2.45) is 5.73 Å². The zero-order valence-corrected chi connectivity index (χ0v) is 10.5. The van der Waals surface area contributed by atoms with Crippen molar-refractivity contribution in [2.45, 2.75) is 11.4 Å². The number of nitrogens with two attached hydrogens (primary N) is 1. The number of halogens is 1. The highest BCUT2D eigenvalue weighted by Crippen LogP contribution is 2.28. The second-order valence-corrected chi connectivity index (χ2v) is 4.75. The highest BCUT2D eigenvalue weighted by Gasteiger charge is 2.04. The van der Waals surface area contributed by atoms with E-state index in [0.29, 0.717) is 6.54 Å². The topological polar surface area (TPSA) is 35.2 Å². The van der Waals surface area contributed by atoms with Gasteiger partial charge in [-0.3, -0.25) is 0 Å². The number of rotatable bonds is 5. The second kappa shape index (κ2) is 6.45. The summed E-state index contributed by atoms with van der Waals surface area (Å²) in [5.41, 5.74) is 6.86. The molecule has 0 aliphatic carbocycles. The molecule has 0 bridgehead atoms. The summed E-state index contributed by atoms with van der Waals surface area (Å²) in [6.07, 6.45) is 0. The molecule has 4 heteroatoms. The molecule has 0 atom stereocenters. The van der Waals surface area contributed by atoms with Gasteiger partial charge in [0.15, 0.2) is 0 Å².